The lowest BCUT2D eigenvalue weighted by Crippen LogP contribution is -2.26. The van der Waals surface area contributed by atoms with Crippen LogP contribution in [0.25, 0.3) is 6.08 Å². The summed E-state index contributed by atoms with van der Waals surface area (Å²) in [5, 5.41) is 3.23. The average molecular weight is 404 g/mol. The van der Waals surface area contributed by atoms with E-state index in [9.17, 15) is 4.79 Å². The summed E-state index contributed by atoms with van der Waals surface area (Å²) < 4.78 is 21.9. The van der Waals surface area contributed by atoms with Crippen LogP contribution in [0.5, 0.6) is 23.0 Å². The first-order valence-electron chi connectivity index (χ1n) is 8.97. The molecule has 1 N–H and O–H groups in total. The van der Waals surface area contributed by atoms with Crippen molar-refractivity contribution in [2.45, 2.75) is 6.42 Å². The van der Waals surface area contributed by atoms with Crippen molar-refractivity contribution in [3.8, 4) is 23.0 Å². The van der Waals surface area contributed by atoms with Crippen LogP contribution in [0.1, 0.15) is 12.0 Å². The zero-order chi connectivity index (χ0) is 19.8. The largest absolute Gasteiger partial charge is 0.497 e. The van der Waals surface area contributed by atoms with Crippen LogP contribution in [0.4, 0.5) is 0 Å². The number of hydrogen-bond donors (Lipinski definition) is 1. The summed E-state index contributed by atoms with van der Waals surface area (Å²) >= 11 is 6.25. The zero-order valence-corrected chi connectivity index (χ0v) is 16.3. The number of halogens is 1. The van der Waals surface area contributed by atoms with Gasteiger partial charge in [-0.2, -0.15) is 0 Å². The Morgan fingerprint density at radius 3 is 2.71 bits per heavy atom. The van der Waals surface area contributed by atoms with Gasteiger partial charge in [0.1, 0.15) is 18.1 Å². The van der Waals surface area contributed by atoms with Gasteiger partial charge in [-0.3, -0.25) is 4.79 Å². The summed E-state index contributed by atoms with van der Waals surface area (Å²) in [6.45, 7) is 1.90. The minimum absolute atomic E-state index is 0.221. The van der Waals surface area contributed by atoms with Crippen LogP contribution in [-0.4, -0.2) is 39.4 Å². The van der Waals surface area contributed by atoms with E-state index in [0.717, 1.165) is 17.7 Å². The second kappa shape index (κ2) is 9.90. The molecule has 0 spiro atoms. The number of methoxy groups -OCH3 is 1. The molecule has 0 saturated carbocycles. The molecule has 0 aliphatic carbocycles. The number of nitrogens with one attached hydrogen (secondary N) is 1. The molecular weight excluding hydrogens is 382 g/mol. The van der Waals surface area contributed by atoms with Gasteiger partial charge in [-0.1, -0.05) is 11.6 Å². The molecule has 0 aromatic heterocycles. The number of carbonyl (C=O) groups excluding carboxylic acids is 1. The van der Waals surface area contributed by atoms with Crippen LogP contribution in [0.3, 0.4) is 0 Å². The van der Waals surface area contributed by atoms with Crippen LogP contribution in [0, 0.1) is 0 Å². The van der Waals surface area contributed by atoms with Crippen molar-refractivity contribution in [2.24, 2.45) is 0 Å². The lowest BCUT2D eigenvalue weighted by Gasteiger charge is -2.10. The molecule has 28 heavy (non-hydrogen) atoms. The predicted molar refractivity (Wildman–Crippen MR) is 108 cm³/mol. The lowest BCUT2D eigenvalue weighted by molar-refractivity contribution is -0.116. The van der Waals surface area contributed by atoms with Crippen LogP contribution >= 0.6 is 11.6 Å². The number of benzene rings is 2. The fraction of sp³-hybridized carbons (Fsp3) is 0.286. The Kier molecular flexibility index (Phi) is 7.03. The molecule has 0 unspecified atom stereocenters. The summed E-state index contributed by atoms with van der Waals surface area (Å²) in [5.74, 6) is 2.41. The Morgan fingerprint density at radius 1 is 1.18 bits per heavy atom. The summed E-state index contributed by atoms with van der Waals surface area (Å²) in [6.07, 6.45) is 3.93. The molecule has 1 aliphatic heterocycles. The molecule has 7 heteroatoms. The average Bonchev–Trinajstić information content (AvgIpc) is 2.96. The molecule has 0 atom stereocenters. The number of amides is 1. The summed E-state index contributed by atoms with van der Waals surface area (Å²) in [4.78, 5) is 12.0. The van der Waals surface area contributed by atoms with Gasteiger partial charge in [-0.25, -0.2) is 0 Å². The smallest absolute Gasteiger partial charge is 0.244 e. The number of carbonyl (C=O) groups is 1. The Balaban J connectivity index is 1.47. The normalized spacial score (nSPS) is 13.1. The van der Waals surface area contributed by atoms with E-state index in [1.165, 1.54) is 6.08 Å². The van der Waals surface area contributed by atoms with Crippen molar-refractivity contribution < 1.29 is 23.7 Å². The Bertz CT molecular complexity index is 835. The van der Waals surface area contributed by atoms with E-state index in [1.54, 1.807) is 19.3 Å². The first-order chi connectivity index (χ1) is 13.7. The topological polar surface area (TPSA) is 66.0 Å². The summed E-state index contributed by atoms with van der Waals surface area (Å²) in [5.41, 5.74) is 0.763. The standard InChI is InChI=1S/C21H22ClNO5/c1-25-16-4-6-17(7-5-16)26-12-9-23-20(24)8-3-15-13-18(22)21-19(14-15)27-10-2-11-28-21/h3-8,13-14H,2,9-12H2,1H3,(H,23,24)/b8-3+. The summed E-state index contributed by atoms with van der Waals surface area (Å²) in [6, 6.07) is 10.8. The van der Waals surface area contributed by atoms with Crippen molar-refractivity contribution in [3.63, 3.8) is 0 Å². The molecule has 3 rings (SSSR count). The maximum absolute atomic E-state index is 12.0. The molecule has 0 radical (unpaired) electrons. The third-order valence-corrected chi connectivity index (χ3v) is 4.26. The Labute approximate surface area is 169 Å². The predicted octanol–water partition coefficient (Wildman–Crippen LogP) is 3.72. The molecule has 2 aromatic carbocycles. The molecule has 1 aliphatic rings. The van der Waals surface area contributed by atoms with Crippen LogP contribution < -0.4 is 24.3 Å². The van der Waals surface area contributed by atoms with Gasteiger partial charge < -0.3 is 24.3 Å². The van der Waals surface area contributed by atoms with Crippen LogP contribution in [0.15, 0.2) is 42.5 Å². The SMILES string of the molecule is COc1ccc(OCCNC(=O)/C=C/c2cc(Cl)c3c(c2)OCCCO3)cc1. The highest BCUT2D eigenvalue weighted by Gasteiger charge is 2.14. The van der Waals surface area contributed by atoms with Gasteiger partial charge in [0, 0.05) is 12.5 Å². The Hall–Kier alpha value is -2.86. The molecule has 0 saturated heterocycles. The van der Waals surface area contributed by atoms with E-state index in [0.29, 0.717) is 48.6 Å². The molecule has 0 bridgehead atoms. The highest BCUT2D eigenvalue weighted by Crippen LogP contribution is 2.38. The fourth-order valence-corrected chi connectivity index (χ4v) is 2.87. The second-order valence-electron chi connectivity index (χ2n) is 6.03. The molecule has 148 valence electrons. The number of rotatable bonds is 7. The molecular formula is C21H22ClNO5. The maximum atomic E-state index is 12.0. The molecule has 0 fully saturated rings. The van der Waals surface area contributed by atoms with Gasteiger partial charge in [-0.15, -0.1) is 0 Å². The van der Waals surface area contributed by atoms with Gasteiger partial charge in [0.05, 0.1) is 31.9 Å². The van der Waals surface area contributed by atoms with E-state index in [4.69, 9.17) is 30.5 Å². The summed E-state index contributed by atoms with van der Waals surface area (Å²) in [7, 11) is 1.61. The van der Waals surface area contributed by atoms with Gasteiger partial charge in [0.2, 0.25) is 5.91 Å². The van der Waals surface area contributed by atoms with E-state index in [-0.39, 0.29) is 5.91 Å². The van der Waals surface area contributed by atoms with Gasteiger partial charge in [0.25, 0.3) is 0 Å². The van der Waals surface area contributed by atoms with Gasteiger partial charge in [-0.05, 0) is 48.0 Å². The van der Waals surface area contributed by atoms with Gasteiger partial charge >= 0.3 is 0 Å². The number of ether oxygens (including phenoxy) is 4. The van der Waals surface area contributed by atoms with E-state index in [1.807, 2.05) is 30.3 Å². The lowest BCUT2D eigenvalue weighted by atomic mass is 10.2. The van der Waals surface area contributed by atoms with Crippen molar-refractivity contribution in [1.29, 1.82) is 0 Å². The zero-order valence-electron chi connectivity index (χ0n) is 15.6. The second-order valence-corrected chi connectivity index (χ2v) is 6.44. The number of fused-ring (bicyclic) bond motifs is 1. The highest BCUT2D eigenvalue weighted by molar-refractivity contribution is 6.32. The monoisotopic (exact) mass is 403 g/mol. The number of hydrogen-bond acceptors (Lipinski definition) is 5. The first-order valence-corrected chi connectivity index (χ1v) is 9.35. The third kappa shape index (κ3) is 5.57. The van der Waals surface area contributed by atoms with E-state index < -0.39 is 0 Å². The first kappa shape index (κ1) is 19.9. The van der Waals surface area contributed by atoms with Crippen molar-refractivity contribution >= 4 is 23.6 Å². The molecule has 1 amide bonds. The van der Waals surface area contributed by atoms with Crippen molar-refractivity contribution in [2.75, 3.05) is 33.5 Å². The third-order valence-electron chi connectivity index (χ3n) is 3.98. The van der Waals surface area contributed by atoms with Crippen molar-refractivity contribution in [3.05, 3.63) is 53.1 Å². The van der Waals surface area contributed by atoms with Crippen LogP contribution in [0.2, 0.25) is 5.02 Å². The maximum Gasteiger partial charge on any atom is 0.244 e. The quantitative estimate of drug-likeness (QED) is 0.563. The van der Waals surface area contributed by atoms with Gasteiger partial charge in [0.15, 0.2) is 11.5 Å². The molecule has 6 nitrogen and oxygen atoms in total. The Morgan fingerprint density at radius 2 is 1.93 bits per heavy atom. The van der Waals surface area contributed by atoms with E-state index in [2.05, 4.69) is 5.32 Å². The van der Waals surface area contributed by atoms with E-state index >= 15 is 0 Å². The van der Waals surface area contributed by atoms with Crippen LogP contribution in [-0.2, 0) is 4.79 Å². The highest BCUT2D eigenvalue weighted by atomic mass is 35.5. The fourth-order valence-electron chi connectivity index (χ4n) is 2.59. The minimum atomic E-state index is -0.221. The van der Waals surface area contributed by atoms with Crippen molar-refractivity contribution in [1.82, 2.24) is 5.32 Å². The molecule has 1 heterocycles. The minimum Gasteiger partial charge on any atom is -0.497 e. The molecule has 2 aromatic rings.